The summed E-state index contributed by atoms with van der Waals surface area (Å²) in [6.07, 6.45) is 1.71. The molecule has 0 aliphatic carbocycles. The normalized spacial score (nSPS) is 11.1. The van der Waals surface area contributed by atoms with Crippen molar-refractivity contribution in [2.75, 3.05) is 6.61 Å². The Kier molecular flexibility index (Phi) is 6.41. The molecule has 6 nitrogen and oxygen atoms in total. The van der Waals surface area contributed by atoms with Crippen molar-refractivity contribution in [1.29, 1.82) is 0 Å². The van der Waals surface area contributed by atoms with E-state index in [0.29, 0.717) is 35.3 Å². The number of benzene rings is 2. The highest BCUT2D eigenvalue weighted by molar-refractivity contribution is 9.10. The lowest BCUT2D eigenvalue weighted by Gasteiger charge is -2.12. The van der Waals surface area contributed by atoms with Gasteiger partial charge in [-0.1, -0.05) is 28.1 Å². The molecule has 3 rings (SSSR count). The SMILES string of the molecule is CCOc1cc(/C=N/n2c(C)n[nH]c2=S)ccc1OCc1ccc(Br)cc1. The molecule has 140 valence electrons. The van der Waals surface area contributed by atoms with Crippen LogP contribution in [0.5, 0.6) is 11.5 Å². The molecule has 1 N–H and O–H groups in total. The van der Waals surface area contributed by atoms with Crippen molar-refractivity contribution in [3.63, 3.8) is 0 Å². The van der Waals surface area contributed by atoms with E-state index in [0.717, 1.165) is 15.6 Å². The number of hydrogen-bond acceptors (Lipinski definition) is 5. The average molecular weight is 447 g/mol. The highest BCUT2D eigenvalue weighted by Crippen LogP contribution is 2.29. The Bertz CT molecular complexity index is 996. The zero-order valence-electron chi connectivity index (χ0n) is 15.0. The van der Waals surface area contributed by atoms with E-state index in [2.05, 4.69) is 31.2 Å². The summed E-state index contributed by atoms with van der Waals surface area (Å²) in [6, 6.07) is 13.7. The smallest absolute Gasteiger partial charge is 0.216 e. The molecule has 3 aromatic rings. The highest BCUT2D eigenvalue weighted by Gasteiger charge is 2.07. The van der Waals surface area contributed by atoms with Crippen molar-refractivity contribution in [3.05, 3.63) is 68.7 Å². The van der Waals surface area contributed by atoms with Gasteiger partial charge >= 0.3 is 0 Å². The predicted octanol–water partition coefficient (Wildman–Crippen LogP) is 4.87. The number of H-pyrrole nitrogens is 1. The van der Waals surface area contributed by atoms with Gasteiger partial charge in [-0.15, -0.1) is 0 Å². The van der Waals surface area contributed by atoms with Crippen molar-refractivity contribution >= 4 is 34.4 Å². The molecular weight excluding hydrogens is 428 g/mol. The van der Waals surface area contributed by atoms with Crippen LogP contribution in [0.25, 0.3) is 0 Å². The topological polar surface area (TPSA) is 64.4 Å². The first-order valence-corrected chi connectivity index (χ1v) is 9.59. The van der Waals surface area contributed by atoms with Gasteiger partial charge in [0.05, 0.1) is 12.8 Å². The summed E-state index contributed by atoms with van der Waals surface area (Å²) >= 11 is 8.58. The third-order valence-corrected chi connectivity index (χ3v) is 4.50. The fourth-order valence-electron chi connectivity index (χ4n) is 2.37. The largest absolute Gasteiger partial charge is 0.490 e. The van der Waals surface area contributed by atoms with Crippen molar-refractivity contribution in [2.45, 2.75) is 20.5 Å². The van der Waals surface area contributed by atoms with Crippen molar-refractivity contribution in [3.8, 4) is 11.5 Å². The lowest BCUT2D eigenvalue weighted by molar-refractivity contribution is 0.269. The molecule has 0 aliphatic rings. The van der Waals surface area contributed by atoms with Gasteiger partial charge in [0.2, 0.25) is 4.77 Å². The van der Waals surface area contributed by atoms with Gasteiger partial charge in [0.25, 0.3) is 0 Å². The molecule has 0 aliphatic heterocycles. The summed E-state index contributed by atoms with van der Waals surface area (Å²) in [6.45, 7) is 4.77. The van der Waals surface area contributed by atoms with Crippen molar-refractivity contribution in [1.82, 2.24) is 14.9 Å². The average Bonchev–Trinajstić information content (AvgIpc) is 2.99. The summed E-state index contributed by atoms with van der Waals surface area (Å²) in [4.78, 5) is 0. The van der Waals surface area contributed by atoms with Crippen LogP contribution in [-0.4, -0.2) is 27.7 Å². The Morgan fingerprint density at radius 3 is 2.63 bits per heavy atom. The molecule has 1 heterocycles. The lowest BCUT2D eigenvalue weighted by Crippen LogP contribution is -2.01. The van der Waals surface area contributed by atoms with Gasteiger partial charge in [0, 0.05) is 4.47 Å². The van der Waals surface area contributed by atoms with E-state index in [1.54, 1.807) is 10.9 Å². The van der Waals surface area contributed by atoms with Gasteiger partial charge in [0.1, 0.15) is 12.4 Å². The van der Waals surface area contributed by atoms with E-state index in [9.17, 15) is 0 Å². The van der Waals surface area contributed by atoms with Gasteiger partial charge in [-0.25, -0.2) is 0 Å². The van der Waals surface area contributed by atoms with Crippen molar-refractivity contribution in [2.24, 2.45) is 5.10 Å². The summed E-state index contributed by atoms with van der Waals surface area (Å²) in [5.74, 6) is 2.05. The van der Waals surface area contributed by atoms with E-state index >= 15 is 0 Å². The number of hydrogen-bond donors (Lipinski definition) is 1. The van der Waals surface area contributed by atoms with E-state index in [1.807, 2.05) is 56.3 Å². The van der Waals surface area contributed by atoms with Crippen LogP contribution in [-0.2, 0) is 6.61 Å². The highest BCUT2D eigenvalue weighted by atomic mass is 79.9. The Hall–Kier alpha value is -2.45. The number of ether oxygens (including phenoxy) is 2. The second-order valence-corrected chi connectivity index (χ2v) is 6.99. The number of halogens is 1. The minimum atomic E-state index is 0.447. The molecule has 8 heteroatoms. The fourth-order valence-corrected chi connectivity index (χ4v) is 2.85. The zero-order valence-corrected chi connectivity index (χ0v) is 17.4. The van der Waals surface area contributed by atoms with Crippen LogP contribution < -0.4 is 9.47 Å². The standard InChI is InChI=1S/C19H19BrN4O2S/c1-3-25-18-10-15(11-21-24-13(2)22-23-19(24)27)6-9-17(18)26-12-14-4-7-16(20)8-5-14/h4-11H,3,12H2,1-2H3,(H,23,27)/b21-11+. The van der Waals surface area contributed by atoms with Crippen LogP contribution in [0.3, 0.4) is 0 Å². The predicted molar refractivity (Wildman–Crippen MR) is 111 cm³/mol. The summed E-state index contributed by atoms with van der Waals surface area (Å²) in [5.41, 5.74) is 1.95. The van der Waals surface area contributed by atoms with Gasteiger partial charge in [-0.05, 0) is 67.5 Å². The molecule has 1 aromatic heterocycles. The molecule has 0 spiro atoms. The fraction of sp³-hybridized carbons (Fsp3) is 0.211. The number of rotatable bonds is 7. The third kappa shape index (κ3) is 5.05. The van der Waals surface area contributed by atoms with Gasteiger partial charge in [-0.2, -0.15) is 14.9 Å². The maximum atomic E-state index is 5.94. The van der Waals surface area contributed by atoms with E-state index < -0.39 is 0 Å². The molecule has 0 saturated heterocycles. The van der Waals surface area contributed by atoms with Crippen LogP contribution in [0.1, 0.15) is 23.9 Å². The minimum absolute atomic E-state index is 0.447. The molecule has 0 unspecified atom stereocenters. The number of aromatic amines is 1. The summed E-state index contributed by atoms with van der Waals surface area (Å²) in [7, 11) is 0. The van der Waals surface area contributed by atoms with Gasteiger partial charge in [0.15, 0.2) is 11.5 Å². The molecule has 0 bridgehead atoms. The zero-order chi connectivity index (χ0) is 19.2. The van der Waals surface area contributed by atoms with Crippen LogP contribution in [0.4, 0.5) is 0 Å². The number of aromatic nitrogens is 3. The first kappa shape index (κ1) is 19.3. The summed E-state index contributed by atoms with van der Waals surface area (Å²) < 4.78 is 14.7. The Morgan fingerprint density at radius 1 is 1.19 bits per heavy atom. The first-order valence-electron chi connectivity index (χ1n) is 8.39. The Balaban J connectivity index is 1.77. The van der Waals surface area contributed by atoms with E-state index in [4.69, 9.17) is 21.7 Å². The second-order valence-electron chi connectivity index (χ2n) is 5.69. The van der Waals surface area contributed by atoms with Crippen molar-refractivity contribution < 1.29 is 9.47 Å². The number of aryl methyl sites for hydroxylation is 1. The van der Waals surface area contributed by atoms with Crippen LogP contribution in [0, 0.1) is 11.7 Å². The molecule has 0 saturated carbocycles. The Labute approximate surface area is 171 Å². The lowest BCUT2D eigenvalue weighted by atomic mass is 10.2. The summed E-state index contributed by atoms with van der Waals surface area (Å²) in [5, 5.41) is 11.1. The minimum Gasteiger partial charge on any atom is -0.490 e. The third-order valence-electron chi connectivity index (χ3n) is 3.71. The Morgan fingerprint density at radius 2 is 1.96 bits per heavy atom. The molecule has 2 aromatic carbocycles. The number of nitrogens with one attached hydrogen (secondary N) is 1. The van der Waals surface area contributed by atoms with E-state index in [-0.39, 0.29) is 0 Å². The van der Waals surface area contributed by atoms with Crippen LogP contribution >= 0.6 is 28.1 Å². The molecule has 27 heavy (non-hydrogen) atoms. The monoisotopic (exact) mass is 446 g/mol. The van der Waals surface area contributed by atoms with Crippen LogP contribution in [0.2, 0.25) is 0 Å². The number of nitrogens with zero attached hydrogens (tertiary/aromatic N) is 3. The maximum Gasteiger partial charge on any atom is 0.216 e. The molecular formula is C19H19BrN4O2S. The van der Waals surface area contributed by atoms with E-state index in [1.165, 1.54) is 0 Å². The van der Waals surface area contributed by atoms with Gasteiger partial charge in [-0.3, -0.25) is 5.10 Å². The first-order chi connectivity index (χ1) is 13.1. The molecule has 0 radical (unpaired) electrons. The quantitative estimate of drug-likeness (QED) is 0.415. The van der Waals surface area contributed by atoms with Gasteiger partial charge < -0.3 is 9.47 Å². The molecule has 0 fully saturated rings. The van der Waals surface area contributed by atoms with Crippen LogP contribution in [0.15, 0.2) is 52.0 Å². The molecule has 0 atom stereocenters. The maximum absolute atomic E-state index is 5.94. The molecule has 0 amide bonds. The second kappa shape index (κ2) is 8.96.